The summed E-state index contributed by atoms with van der Waals surface area (Å²) in [5.74, 6) is 0.0186. The number of amides is 1. The first-order valence-corrected chi connectivity index (χ1v) is 10.5. The van der Waals surface area contributed by atoms with Crippen LogP contribution in [0.15, 0.2) is 78.4 Å². The molecule has 1 aromatic heterocycles. The summed E-state index contributed by atoms with van der Waals surface area (Å²) in [4.78, 5) is 12.9. The average Bonchev–Trinajstić information content (AvgIpc) is 3.37. The first kappa shape index (κ1) is 18.6. The molecular weight excluding hydrogens is 370 g/mol. The molecule has 1 fully saturated rings. The fourth-order valence-corrected chi connectivity index (χ4v) is 4.44. The van der Waals surface area contributed by atoms with E-state index in [-0.39, 0.29) is 11.9 Å². The van der Waals surface area contributed by atoms with E-state index in [2.05, 4.69) is 76.7 Å². The molecule has 1 saturated heterocycles. The van der Waals surface area contributed by atoms with E-state index >= 15 is 0 Å². The van der Waals surface area contributed by atoms with Crippen LogP contribution in [-0.2, 0) is 11.3 Å². The van der Waals surface area contributed by atoms with Crippen LogP contribution in [0.2, 0.25) is 0 Å². The smallest absolute Gasteiger partial charge is 0.241 e. The summed E-state index contributed by atoms with van der Waals surface area (Å²) >= 11 is 0. The fraction of sp³-hybridized carbons (Fsp3) is 0.192. The molecule has 4 nitrogen and oxygen atoms in total. The fourth-order valence-electron chi connectivity index (χ4n) is 4.44. The SMILES string of the molecule is CCn1c2ccccc2c2cc(NC(=O)C3C/C(=C\c4ccccc4)CN3)ccc21. The van der Waals surface area contributed by atoms with E-state index in [1.807, 2.05) is 24.3 Å². The average molecular weight is 396 g/mol. The van der Waals surface area contributed by atoms with Crippen LogP contribution >= 0.6 is 0 Å². The van der Waals surface area contributed by atoms with Crippen molar-refractivity contribution in [3.63, 3.8) is 0 Å². The van der Waals surface area contributed by atoms with E-state index in [4.69, 9.17) is 0 Å². The lowest BCUT2D eigenvalue weighted by molar-refractivity contribution is -0.117. The lowest BCUT2D eigenvalue weighted by Crippen LogP contribution is -2.35. The topological polar surface area (TPSA) is 46.1 Å². The third-order valence-corrected chi connectivity index (χ3v) is 5.88. The lowest BCUT2D eigenvalue weighted by Gasteiger charge is -2.11. The minimum Gasteiger partial charge on any atom is -0.341 e. The first-order chi connectivity index (χ1) is 14.7. The number of para-hydroxylation sites is 1. The third-order valence-electron chi connectivity index (χ3n) is 5.88. The maximum absolute atomic E-state index is 12.9. The molecule has 4 aromatic rings. The summed E-state index contributed by atoms with van der Waals surface area (Å²) in [6, 6.07) is 24.7. The van der Waals surface area contributed by atoms with Crippen molar-refractivity contribution >= 4 is 39.5 Å². The quantitative estimate of drug-likeness (QED) is 0.499. The van der Waals surface area contributed by atoms with E-state index in [0.29, 0.717) is 0 Å². The van der Waals surface area contributed by atoms with Gasteiger partial charge in [0.2, 0.25) is 5.91 Å². The molecule has 1 unspecified atom stereocenters. The summed E-state index contributed by atoms with van der Waals surface area (Å²) in [5, 5.41) is 8.85. The first-order valence-electron chi connectivity index (χ1n) is 10.5. The van der Waals surface area contributed by atoms with Gasteiger partial charge in [0.25, 0.3) is 0 Å². The number of hydrogen-bond acceptors (Lipinski definition) is 2. The van der Waals surface area contributed by atoms with Crippen LogP contribution in [0.25, 0.3) is 27.9 Å². The van der Waals surface area contributed by atoms with Crippen molar-refractivity contribution in [1.29, 1.82) is 0 Å². The second-order valence-electron chi connectivity index (χ2n) is 7.83. The minimum absolute atomic E-state index is 0.0186. The Kier molecular flexibility index (Phi) is 4.85. The number of carbonyl (C=O) groups is 1. The Balaban J connectivity index is 1.36. The van der Waals surface area contributed by atoms with E-state index in [1.54, 1.807) is 0 Å². The van der Waals surface area contributed by atoms with Gasteiger partial charge in [0.05, 0.1) is 6.04 Å². The number of aryl methyl sites for hydroxylation is 1. The largest absolute Gasteiger partial charge is 0.341 e. The molecule has 150 valence electrons. The highest BCUT2D eigenvalue weighted by Gasteiger charge is 2.25. The van der Waals surface area contributed by atoms with Crippen LogP contribution in [0.4, 0.5) is 5.69 Å². The van der Waals surface area contributed by atoms with Gasteiger partial charge in [-0.2, -0.15) is 0 Å². The Morgan fingerprint density at radius 3 is 2.63 bits per heavy atom. The highest BCUT2D eigenvalue weighted by Crippen LogP contribution is 2.31. The zero-order valence-corrected chi connectivity index (χ0v) is 17.1. The van der Waals surface area contributed by atoms with Crippen molar-refractivity contribution in [2.45, 2.75) is 25.9 Å². The highest BCUT2D eigenvalue weighted by atomic mass is 16.2. The van der Waals surface area contributed by atoms with Gasteiger partial charge in [0, 0.05) is 40.6 Å². The molecular formula is C26H25N3O. The number of benzene rings is 3. The molecule has 0 bridgehead atoms. The number of anilines is 1. The molecule has 4 heteroatoms. The zero-order chi connectivity index (χ0) is 20.5. The van der Waals surface area contributed by atoms with Gasteiger partial charge in [-0.05, 0) is 43.2 Å². The van der Waals surface area contributed by atoms with Crippen molar-refractivity contribution in [2.24, 2.45) is 0 Å². The molecule has 0 aliphatic carbocycles. The van der Waals surface area contributed by atoms with Crippen molar-refractivity contribution in [3.05, 3.63) is 83.9 Å². The number of nitrogens with zero attached hydrogens (tertiary/aromatic N) is 1. The Bertz CT molecular complexity index is 1250. The van der Waals surface area contributed by atoms with Gasteiger partial charge in [-0.1, -0.05) is 60.2 Å². The summed E-state index contributed by atoms with van der Waals surface area (Å²) < 4.78 is 2.31. The molecule has 2 N–H and O–H groups in total. The van der Waals surface area contributed by atoms with Crippen molar-refractivity contribution in [2.75, 3.05) is 11.9 Å². The lowest BCUT2D eigenvalue weighted by atomic mass is 10.1. The second kappa shape index (κ2) is 7.81. The molecule has 1 aliphatic heterocycles. The molecule has 1 atom stereocenters. The summed E-state index contributed by atoms with van der Waals surface area (Å²) in [6.07, 6.45) is 2.91. The second-order valence-corrected chi connectivity index (χ2v) is 7.83. The van der Waals surface area contributed by atoms with Crippen molar-refractivity contribution in [3.8, 4) is 0 Å². The maximum Gasteiger partial charge on any atom is 0.241 e. The molecule has 1 amide bonds. The van der Waals surface area contributed by atoms with Crippen molar-refractivity contribution in [1.82, 2.24) is 9.88 Å². The standard InChI is InChI=1S/C26H25N3O/c1-2-29-24-11-7-6-10-21(24)22-16-20(12-13-25(22)29)28-26(30)23-15-19(17-27-23)14-18-8-4-3-5-9-18/h3-14,16,23,27H,2,15,17H2,1H3,(H,28,30)/b19-14+. The van der Waals surface area contributed by atoms with Crippen molar-refractivity contribution < 1.29 is 4.79 Å². The number of carbonyl (C=O) groups excluding carboxylic acids is 1. The molecule has 0 spiro atoms. The van der Waals surface area contributed by atoms with Gasteiger partial charge in [0.15, 0.2) is 0 Å². The molecule has 1 aliphatic rings. The monoisotopic (exact) mass is 395 g/mol. The normalized spacial score (nSPS) is 17.8. The molecule has 30 heavy (non-hydrogen) atoms. The Hall–Kier alpha value is -3.37. The van der Waals surface area contributed by atoms with E-state index in [1.165, 1.54) is 32.9 Å². The Morgan fingerprint density at radius 2 is 1.80 bits per heavy atom. The van der Waals surface area contributed by atoms with Gasteiger partial charge in [-0.3, -0.25) is 4.79 Å². The number of nitrogens with one attached hydrogen (secondary N) is 2. The van der Waals surface area contributed by atoms with E-state index in [0.717, 1.165) is 25.2 Å². The molecule has 0 saturated carbocycles. The Morgan fingerprint density at radius 1 is 1.03 bits per heavy atom. The third kappa shape index (κ3) is 3.40. The van der Waals surface area contributed by atoms with Gasteiger partial charge in [0.1, 0.15) is 0 Å². The van der Waals surface area contributed by atoms with Crippen LogP contribution < -0.4 is 10.6 Å². The maximum atomic E-state index is 12.9. The van der Waals surface area contributed by atoms with Crippen LogP contribution in [0.3, 0.4) is 0 Å². The highest BCUT2D eigenvalue weighted by molar-refractivity contribution is 6.10. The van der Waals surface area contributed by atoms with E-state index < -0.39 is 0 Å². The minimum atomic E-state index is -0.201. The van der Waals surface area contributed by atoms with Gasteiger partial charge in [-0.25, -0.2) is 0 Å². The number of hydrogen-bond donors (Lipinski definition) is 2. The molecule has 5 rings (SSSR count). The summed E-state index contributed by atoms with van der Waals surface area (Å²) in [5.41, 5.74) is 5.69. The van der Waals surface area contributed by atoms with Gasteiger partial charge in [-0.15, -0.1) is 0 Å². The van der Waals surface area contributed by atoms with Gasteiger partial charge >= 0.3 is 0 Å². The number of fused-ring (bicyclic) bond motifs is 3. The molecule has 2 heterocycles. The van der Waals surface area contributed by atoms with Crippen LogP contribution in [0.5, 0.6) is 0 Å². The van der Waals surface area contributed by atoms with Crippen LogP contribution in [0, 0.1) is 0 Å². The van der Waals surface area contributed by atoms with Gasteiger partial charge < -0.3 is 15.2 Å². The predicted molar refractivity (Wildman–Crippen MR) is 125 cm³/mol. The predicted octanol–water partition coefficient (Wildman–Crippen LogP) is 5.20. The van der Waals surface area contributed by atoms with E-state index in [9.17, 15) is 4.79 Å². The number of rotatable bonds is 4. The van der Waals surface area contributed by atoms with Crippen LogP contribution in [-0.4, -0.2) is 23.1 Å². The number of aromatic nitrogens is 1. The summed E-state index contributed by atoms with van der Waals surface area (Å²) in [7, 11) is 0. The molecule has 3 aromatic carbocycles. The zero-order valence-electron chi connectivity index (χ0n) is 17.1. The van der Waals surface area contributed by atoms with Crippen LogP contribution in [0.1, 0.15) is 18.9 Å². The Labute approximate surface area is 176 Å². The molecule has 0 radical (unpaired) electrons. The summed E-state index contributed by atoms with van der Waals surface area (Å²) in [6.45, 7) is 3.82.